The molecule has 1 heterocycles. The van der Waals surface area contributed by atoms with E-state index in [1.54, 1.807) is 53.4 Å². The third kappa shape index (κ3) is 8.17. The van der Waals surface area contributed by atoms with Gasteiger partial charge in [0.1, 0.15) is 5.75 Å². The van der Waals surface area contributed by atoms with Crippen molar-refractivity contribution in [2.24, 2.45) is 0 Å². The summed E-state index contributed by atoms with van der Waals surface area (Å²) in [7, 11) is -3.50. The summed E-state index contributed by atoms with van der Waals surface area (Å²) in [5.41, 5.74) is 3.26. The van der Waals surface area contributed by atoms with Crippen molar-refractivity contribution in [2.45, 2.75) is 27.8 Å². The number of ether oxygens (including phenoxy) is 1. The summed E-state index contributed by atoms with van der Waals surface area (Å²) in [6, 6.07) is 26.2. The number of hydrogen-bond donors (Lipinski definition) is 2. The van der Waals surface area contributed by atoms with Crippen LogP contribution < -0.4 is 10.1 Å². The van der Waals surface area contributed by atoms with Gasteiger partial charge in [-0.15, -0.1) is 11.3 Å². The summed E-state index contributed by atoms with van der Waals surface area (Å²) in [6.45, 7) is -0.586. The zero-order valence-corrected chi connectivity index (χ0v) is 26.4. The molecule has 226 valence electrons. The van der Waals surface area contributed by atoms with E-state index in [1.807, 2.05) is 36.4 Å². The number of carbonyl (C=O) groups excluding carboxylic acids is 1. The van der Waals surface area contributed by atoms with Gasteiger partial charge < -0.3 is 15.2 Å². The van der Waals surface area contributed by atoms with Gasteiger partial charge in [-0.05, 0) is 78.6 Å². The molecule has 0 fully saturated rings. The number of amides is 1. The second-order valence-corrected chi connectivity index (χ2v) is 14.5. The maximum Gasteiger partial charge on any atom is 0.341 e. The van der Waals surface area contributed by atoms with Crippen LogP contribution in [0.15, 0.2) is 100 Å². The highest BCUT2D eigenvalue weighted by molar-refractivity contribution is 8.00. The zero-order chi connectivity index (χ0) is 31.1. The highest BCUT2D eigenvalue weighted by atomic mass is 35.5. The molecule has 4 aromatic carbocycles. The van der Waals surface area contributed by atoms with E-state index in [1.165, 1.54) is 24.3 Å². The van der Waals surface area contributed by atoms with Gasteiger partial charge in [0.25, 0.3) is 5.91 Å². The molecular weight excluding hydrogens is 640 g/mol. The molecule has 0 spiro atoms. The van der Waals surface area contributed by atoms with Crippen molar-refractivity contribution in [1.29, 1.82) is 0 Å². The average Bonchev–Trinajstić information content (AvgIpc) is 3.43. The summed E-state index contributed by atoms with van der Waals surface area (Å²) in [5.74, 6) is -0.898. The number of thiazole rings is 1. The third-order valence-corrected chi connectivity index (χ3v) is 10.9. The first kappa shape index (κ1) is 31.5. The Hall–Kier alpha value is -3.90. The second kappa shape index (κ2) is 14.3. The fourth-order valence-corrected chi connectivity index (χ4v) is 7.94. The third-order valence-electron chi connectivity index (χ3n) is 6.58. The first-order valence-corrected chi connectivity index (χ1v) is 17.3. The number of hydrogen-bond acceptors (Lipinski definition) is 8. The first-order chi connectivity index (χ1) is 21.2. The molecule has 1 amide bonds. The Morgan fingerprint density at radius 2 is 1.73 bits per heavy atom. The van der Waals surface area contributed by atoms with Gasteiger partial charge in [0, 0.05) is 16.3 Å². The van der Waals surface area contributed by atoms with Crippen LogP contribution >= 0.6 is 34.7 Å². The molecular formula is C32H27ClN2O6S3. The minimum Gasteiger partial charge on any atom is -0.480 e. The lowest BCUT2D eigenvalue weighted by Crippen LogP contribution is -2.16. The normalized spacial score (nSPS) is 11.4. The zero-order valence-electron chi connectivity index (χ0n) is 23.2. The number of aromatic nitrogens is 1. The molecule has 5 aromatic rings. The molecule has 0 aliphatic heterocycles. The smallest absolute Gasteiger partial charge is 0.341 e. The van der Waals surface area contributed by atoms with Crippen molar-refractivity contribution < 1.29 is 27.9 Å². The fraction of sp³-hybridized carbons (Fsp3) is 0.156. The molecule has 0 atom stereocenters. The van der Waals surface area contributed by atoms with Crippen LogP contribution in [0.4, 0.5) is 5.69 Å². The quantitative estimate of drug-likeness (QED) is 0.125. The largest absolute Gasteiger partial charge is 0.480 e. The van der Waals surface area contributed by atoms with Crippen LogP contribution in [0.5, 0.6) is 5.75 Å². The predicted molar refractivity (Wildman–Crippen MR) is 175 cm³/mol. The number of rotatable bonds is 13. The Kier molecular flexibility index (Phi) is 10.2. The van der Waals surface area contributed by atoms with E-state index < -0.39 is 22.4 Å². The molecule has 8 nitrogen and oxygen atoms in total. The minimum atomic E-state index is -3.50. The number of carboxylic acid groups (broad SMARTS) is 1. The van der Waals surface area contributed by atoms with Gasteiger partial charge in [-0.1, -0.05) is 59.8 Å². The number of fused-ring (bicyclic) bond motifs is 1. The Labute approximate surface area is 268 Å². The van der Waals surface area contributed by atoms with Crippen molar-refractivity contribution in [1.82, 2.24) is 4.98 Å². The number of halogens is 1. The minimum absolute atomic E-state index is 0.0761. The molecule has 44 heavy (non-hydrogen) atoms. The number of sulfone groups is 1. The van der Waals surface area contributed by atoms with E-state index in [4.69, 9.17) is 21.4 Å². The average molecular weight is 667 g/mol. The maximum atomic E-state index is 13.5. The summed E-state index contributed by atoms with van der Waals surface area (Å²) in [5, 5.41) is 12.5. The standard InChI is InChI=1S/C32H27ClN2O6S3/c33-23-12-14-24(15-13-23)44(39,40)17-5-6-21-11-16-28(41-19-30(36)37)27(18-21)34-31(38)25-8-2-1-7-22(25)20-42-32-35-26-9-3-4-10-29(26)43-32/h1-4,7-16,18H,5-6,17,19-20H2,(H,34,38)(H,36,37). The highest BCUT2D eigenvalue weighted by Crippen LogP contribution is 2.33. The number of carbonyl (C=O) groups is 2. The van der Waals surface area contributed by atoms with Crippen LogP contribution in [0.2, 0.25) is 5.02 Å². The molecule has 12 heteroatoms. The van der Waals surface area contributed by atoms with Gasteiger partial charge >= 0.3 is 5.97 Å². The lowest BCUT2D eigenvalue weighted by Gasteiger charge is -2.15. The van der Waals surface area contributed by atoms with Crippen molar-refractivity contribution in [2.75, 3.05) is 17.7 Å². The van der Waals surface area contributed by atoms with Crippen LogP contribution in [-0.4, -0.2) is 42.7 Å². The Morgan fingerprint density at radius 3 is 2.50 bits per heavy atom. The fourth-order valence-electron chi connectivity index (χ4n) is 4.43. The number of aryl methyl sites for hydroxylation is 1. The lowest BCUT2D eigenvalue weighted by molar-refractivity contribution is -0.139. The van der Waals surface area contributed by atoms with Gasteiger partial charge in [0.15, 0.2) is 20.8 Å². The van der Waals surface area contributed by atoms with Crippen molar-refractivity contribution in [3.8, 4) is 5.75 Å². The van der Waals surface area contributed by atoms with Gasteiger partial charge in [-0.2, -0.15) is 0 Å². The SMILES string of the molecule is O=C(O)COc1ccc(CCCS(=O)(=O)c2ccc(Cl)cc2)cc1NC(=O)c1ccccc1CSc1nc2ccccc2s1. The van der Waals surface area contributed by atoms with Crippen LogP contribution in [0, 0.1) is 0 Å². The summed E-state index contributed by atoms with van der Waals surface area (Å²) < 4.78 is 32.9. The molecule has 2 N–H and O–H groups in total. The van der Waals surface area contributed by atoms with Crippen molar-refractivity contribution in [3.05, 3.63) is 113 Å². The number of carboxylic acids is 1. The summed E-state index contributed by atoms with van der Waals surface area (Å²) in [6.07, 6.45) is 0.740. The number of anilines is 1. The van der Waals surface area contributed by atoms with Crippen LogP contribution in [0.25, 0.3) is 10.2 Å². The van der Waals surface area contributed by atoms with Crippen molar-refractivity contribution in [3.63, 3.8) is 0 Å². The second-order valence-electron chi connectivity index (χ2n) is 9.74. The van der Waals surface area contributed by atoms with Crippen LogP contribution in [-0.2, 0) is 26.8 Å². The number of para-hydroxylation sites is 1. The molecule has 0 saturated carbocycles. The number of benzene rings is 4. The van der Waals surface area contributed by atoms with E-state index in [0.717, 1.165) is 25.7 Å². The highest BCUT2D eigenvalue weighted by Gasteiger charge is 2.17. The van der Waals surface area contributed by atoms with E-state index >= 15 is 0 Å². The molecule has 0 bridgehead atoms. The van der Waals surface area contributed by atoms with E-state index in [0.29, 0.717) is 34.9 Å². The molecule has 0 saturated heterocycles. The van der Waals surface area contributed by atoms with Gasteiger partial charge in [-0.3, -0.25) is 4.79 Å². The number of aliphatic carboxylic acids is 1. The molecule has 0 aliphatic rings. The maximum absolute atomic E-state index is 13.5. The van der Waals surface area contributed by atoms with Gasteiger partial charge in [0.2, 0.25) is 0 Å². The summed E-state index contributed by atoms with van der Waals surface area (Å²) >= 11 is 9.02. The molecule has 5 rings (SSSR count). The first-order valence-electron chi connectivity index (χ1n) is 13.5. The van der Waals surface area contributed by atoms with Gasteiger partial charge in [-0.25, -0.2) is 18.2 Å². The number of nitrogens with zero attached hydrogens (tertiary/aromatic N) is 1. The Bertz CT molecular complexity index is 1880. The monoisotopic (exact) mass is 666 g/mol. The molecule has 1 aromatic heterocycles. The lowest BCUT2D eigenvalue weighted by atomic mass is 10.1. The van der Waals surface area contributed by atoms with Crippen LogP contribution in [0.3, 0.4) is 0 Å². The Balaban J connectivity index is 1.30. The van der Waals surface area contributed by atoms with E-state index in [2.05, 4.69) is 10.3 Å². The summed E-state index contributed by atoms with van der Waals surface area (Å²) in [4.78, 5) is 29.6. The number of thioether (sulfide) groups is 1. The van der Waals surface area contributed by atoms with E-state index in [-0.39, 0.29) is 22.3 Å². The van der Waals surface area contributed by atoms with Gasteiger partial charge in [0.05, 0.1) is 26.6 Å². The topological polar surface area (TPSA) is 123 Å². The molecule has 0 radical (unpaired) electrons. The van der Waals surface area contributed by atoms with E-state index in [9.17, 15) is 18.0 Å². The molecule has 0 unspecified atom stereocenters. The van der Waals surface area contributed by atoms with Crippen molar-refractivity contribution >= 4 is 72.3 Å². The Morgan fingerprint density at radius 1 is 0.977 bits per heavy atom. The predicted octanol–water partition coefficient (Wildman–Crippen LogP) is 7.36. The van der Waals surface area contributed by atoms with Crippen LogP contribution in [0.1, 0.15) is 27.9 Å². The molecule has 0 aliphatic carbocycles. The number of nitrogens with one attached hydrogen (secondary N) is 1.